The van der Waals surface area contributed by atoms with Gasteiger partial charge in [0.15, 0.2) is 0 Å². The fraction of sp³-hybridized carbons (Fsp3) is 0.500. The highest BCUT2D eigenvalue weighted by Gasteiger charge is 2.17. The zero-order chi connectivity index (χ0) is 18.2. The fourth-order valence-corrected chi connectivity index (χ4v) is 3.79. The van der Waals surface area contributed by atoms with Crippen LogP contribution in [0.4, 0.5) is 0 Å². The molecule has 0 spiro atoms. The van der Waals surface area contributed by atoms with Gasteiger partial charge in [0.05, 0.1) is 11.2 Å². The third kappa shape index (κ3) is 5.54. The van der Waals surface area contributed by atoms with Gasteiger partial charge in [-0.3, -0.25) is 4.79 Å². The quantitative estimate of drug-likeness (QED) is 0.717. The lowest BCUT2D eigenvalue weighted by Gasteiger charge is -2.33. The minimum absolute atomic E-state index is 0.0252. The van der Waals surface area contributed by atoms with Crippen molar-refractivity contribution in [2.24, 2.45) is 0 Å². The first-order chi connectivity index (χ1) is 12.7. The van der Waals surface area contributed by atoms with E-state index < -0.39 is 0 Å². The van der Waals surface area contributed by atoms with Gasteiger partial charge < -0.3 is 15.0 Å². The summed E-state index contributed by atoms with van der Waals surface area (Å²) in [7, 11) is 0. The summed E-state index contributed by atoms with van der Waals surface area (Å²) < 4.78 is 5.67. The normalized spacial score (nSPS) is 17.8. The van der Waals surface area contributed by atoms with Crippen molar-refractivity contribution < 1.29 is 9.53 Å². The van der Waals surface area contributed by atoms with Gasteiger partial charge in [-0.05, 0) is 57.0 Å². The van der Waals surface area contributed by atoms with E-state index in [9.17, 15) is 4.79 Å². The first-order valence-electron chi connectivity index (χ1n) is 9.34. The van der Waals surface area contributed by atoms with Crippen LogP contribution in [0.2, 0.25) is 0 Å². The van der Waals surface area contributed by atoms with E-state index in [0.29, 0.717) is 24.8 Å². The molecule has 1 atom stereocenters. The van der Waals surface area contributed by atoms with Crippen molar-refractivity contribution in [1.29, 1.82) is 0 Å². The van der Waals surface area contributed by atoms with E-state index in [4.69, 9.17) is 4.74 Å². The predicted molar refractivity (Wildman–Crippen MR) is 105 cm³/mol. The predicted octanol–water partition coefficient (Wildman–Crippen LogP) is 3.72. The van der Waals surface area contributed by atoms with Gasteiger partial charge in [0.25, 0.3) is 5.91 Å². The lowest BCUT2D eigenvalue weighted by atomic mass is 10.0. The van der Waals surface area contributed by atoms with E-state index in [1.54, 1.807) is 29.0 Å². The number of aromatic nitrogens is 1. The molecule has 5 nitrogen and oxygen atoms in total. The number of hydrogen-bond donors (Lipinski definition) is 1. The highest BCUT2D eigenvalue weighted by molar-refractivity contribution is 7.07. The molecule has 6 heteroatoms. The third-order valence-electron chi connectivity index (χ3n) is 4.83. The average molecular weight is 374 g/mol. The maximum atomic E-state index is 12.2. The Labute approximate surface area is 159 Å². The number of nitrogens with zero attached hydrogens (tertiary/aromatic N) is 2. The summed E-state index contributed by atoms with van der Waals surface area (Å²) in [6.45, 7) is 5.71. The van der Waals surface area contributed by atoms with Crippen LogP contribution in [-0.4, -0.2) is 41.5 Å². The van der Waals surface area contributed by atoms with E-state index in [1.807, 2.05) is 17.5 Å². The summed E-state index contributed by atoms with van der Waals surface area (Å²) in [5, 5.41) is 4.98. The Bertz CT molecular complexity index is 673. The Hall–Kier alpha value is -1.92. The number of hydrogen-bond acceptors (Lipinski definition) is 5. The fourth-order valence-electron chi connectivity index (χ4n) is 3.24. The molecule has 140 valence electrons. The number of piperidine rings is 1. The van der Waals surface area contributed by atoms with E-state index >= 15 is 0 Å². The average Bonchev–Trinajstić information content (AvgIpc) is 3.19. The zero-order valence-electron chi connectivity index (χ0n) is 15.3. The molecule has 1 amide bonds. The van der Waals surface area contributed by atoms with Gasteiger partial charge in [-0.1, -0.05) is 6.42 Å². The summed E-state index contributed by atoms with van der Waals surface area (Å²) in [6.07, 6.45) is 4.93. The standard InChI is InChI=1S/C20H27N3O2S/c1-16-5-2-3-11-23(16)12-4-10-21-20(24)17-6-8-19(9-7-17)25-13-18-14-26-15-22-18/h6-9,14-16H,2-5,10-13H2,1H3,(H,21,24). The maximum Gasteiger partial charge on any atom is 0.251 e. The Morgan fingerprint density at radius 2 is 2.19 bits per heavy atom. The molecule has 1 saturated heterocycles. The van der Waals surface area contributed by atoms with Crippen molar-refractivity contribution in [2.45, 2.75) is 45.3 Å². The second kappa shape index (κ2) is 9.69. The first-order valence-corrected chi connectivity index (χ1v) is 10.3. The van der Waals surface area contributed by atoms with Crippen LogP contribution >= 0.6 is 11.3 Å². The number of benzene rings is 1. The van der Waals surface area contributed by atoms with Crippen LogP contribution in [0, 0.1) is 0 Å². The molecule has 0 radical (unpaired) electrons. The van der Waals surface area contributed by atoms with Gasteiger partial charge in [-0.25, -0.2) is 4.98 Å². The molecule has 1 fully saturated rings. The van der Waals surface area contributed by atoms with E-state index in [1.165, 1.54) is 25.8 Å². The number of thiazole rings is 1. The summed E-state index contributed by atoms with van der Waals surface area (Å²) >= 11 is 1.55. The minimum Gasteiger partial charge on any atom is -0.487 e. The molecular formula is C20H27N3O2S. The highest BCUT2D eigenvalue weighted by atomic mass is 32.1. The Kier molecular flexibility index (Phi) is 7.03. The van der Waals surface area contributed by atoms with Crippen LogP contribution in [0.1, 0.15) is 48.7 Å². The van der Waals surface area contributed by atoms with Gasteiger partial charge in [0.1, 0.15) is 12.4 Å². The van der Waals surface area contributed by atoms with Crippen LogP contribution in [0.3, 0.4) is 0 Å². The molecule has 1 unspecified atom stereocenters. The van der Waals surface area contributed by atoms with E-state index in [2.05, 4.69) is 22.1 Å². The number of carbonyl (C=O) groups is 1. The second-order valence-electron chi connectivity index (χ2n) is 6.78. The topological polar surface area (TPSA) is 54.5 Å². The van der Waals surface area contributed by atoms with E-state index in [0.717, 1.165) is 24.4 Å². The van der Waals surface area contributed by atoms with Crippen LogP contribution in [-0.2, 0) is 6.61 Å². The van der Waals surface area contributed by atoms with Crippen molar-refractivity contribution in [1.82, 2.24) is 15.2 Å². The van der Waals surface area contributed by atoms with Crippen molar-refractivity contribution in [3.63, 3.8) is 0 Å². The number of ether oxygens (including phenoxy) is 1. The van der Waals surface area contributed by atoms with Gasteiger partial charge in [-0.15, -0.1) is 11.3 Å². The lowest BCUT2D eigenvalue weighted by Crippen LogP contribution is -2.39. The number of rotatable bonds is 8. The molecule has 1 aliphatic heterocycles. The molecular weight excluding hydrogens is 346 g/mol. The Morgan fingerprint density at radius 1 is 1.35 bits per heavy atom. The highest BCUT2D eigenvalue weighted by Crippen LogP contribution is 2.16. The van der Waals surface area contributed by atoms with E-state index in [-0.39, 0.29) is 5.91 Å². The molecule has 1 aromatic carbocycles. The van der Waals surface area contributed by atoms with Crippen LogP contribution < -0.4 is 10.1 Å². The van der Waals surface area contributed by atoms with Crippen molar-refractivity contribution in [2.75, 3.05) is 19.6 Å². The molecule has 0 aliphatic carbocycles. The molecule has 1 aromatic heterocycles. The number of nitrogens with one attached hydrogen (secondary N) is 1. The monoisotopic (exact) mass is 373 g/mol. The van der Waals surface area contributed by atoms with Crippen LogP contribution in [0.25, 0.3) is 0 Å². The van der Waals surface area contributed by atoms with Crippen molar-refractivity contribution in [3.8, 4) is 5.75 Å². The minimum atomic E-state index is -0.0252. The second-order valence-corrected chi connectivity index (χ2v) is 7.50. The largest absolute Gasteiger partial charge is 0.487 e. The molecule has 26 heavy (non-hydrogen) atoms. The number of amides is 1. The third-order valence-corrected chi connectivity index (χ3v) is 5.47. The number of carbonyl (C=O) groups excluding carboxylic acids is 1. The summed E-state index contributed by atoms with van der Waals surface area (Å²) in [5.74, 6) is 0.719. The number of likely N-dealkylation sites (tertiary alicyclic amines) is 1. The van der Waals surface area contributed by atoms with Gasteiger partial charge in [0, 0.05) is 30.1 Å². The molecule has 0 saturated carbocycles. The molecule has 0 bridgehead atoms. The smallest absolute Gasteiger partial charge is 0.251 e. The summed E-state index contributed by atoms with van der Waals surface area (Å²) in [5.41, 5.74) is 3.37. The SMILES string of the molecule is CC1CCCCN1CCCNC(=O)c1ccc(OCc2cscn2)cc1. The van der Waals surface area contributed by atoms with Gasteiger partial charge in [-0.2, -0.15) is 0 Å². The van der Waals surface area contributed by atoms with Gasteiger partial charge in [0.2, 0.25) is 0 Å². The molecule has 1 aliphatic rings. The van der Waals surface area contributed by atoms with Crippen LogP contribution in [0.15, 0.2) is 35.2 Å². The molecule has 2 heterocycles. The zero-order valence-corrected chi connectivity index (χ0v) is 16.1. The Balaban J connectivity index is 1.37. The first kappa shape index (κ1) is 18.9. The summed E-state index contributed by atoms with van der Waals surface area (Å²) in [4.78, 5) is 19.0. The maximum absolute atomic E-state index is 12.2. The Morgan fingerprint density at radius 3 is 2.92 bits per heavy atom. The molecule has 1 N–H and O–H groups in total. The summed E-state index contributed by atoms with van der Waals surface area (Å²) in [6, 6.07) is 7.95. The van der Waals surface area contributed by atoms with Crippen molar-refractivity contribution >= 4 is 17.2 Å². The van der Waals surface area contributed by atoms with Crippen molar-refractivity contribution in [3.05, 3.63) is 46.4 Å². The molecule has 2 aromatic rings. The molecule has 3 rings (SSSR count). The van der Waals surface area contributed by atoms with Gasteiger partial charge >= 0.3 is 0 Å². The van der Waals surface area contributed by atoms with Crippen LogP contribution in [0.5, 0.6) is 5.75 Å². The lowest BCUT2D eigenvalue weighted by molar-refractivity contribution is 0.0949.